The number of carbonyl (C=O) groups excluding carboxylic acids is 1. The zero-order valence-corrected chi connectivity index (χ0v) is 21.4. The van der Waals surface area contributed by atoms with Crippen LogP contribution in [0.5, 0.6) is 0 Å². The van der Waals surface area contributed by atoms with Crippen molar-refractivity contribution < 1.29 is 4.79 Å². The number of hydrogen-bond acceptors (Lipinski definition) is 6. The summed E-state index contributed by atoms with van der Waals surface area (Å²) in [5, 5.41) is 11.9. The second kappa shape index (κ2) is 9.68. The maximum Gasteiger partial charge on any atom is 0.224 e. The normalized spacial score (nSPS) is 11.5. The van der Waals surface area contributed by atoms with E-state index in [0.717, 1.165) is 38.7 Å². The lowest BCUT2D eigenvalue weighted by molar-refractivity contribution is -0.116. The van der Waals surface area contributed by atoms with Crippen molar-refractivity contribution >= 4 is 45.3 Å². The summed E-state index contributed by atoms with van der Waals surface area (Å²) in [5.74, 6) is 0.823. The number of H-pyrrole nitrogens is 2. The number of amides is 1. The summed E-state index contributed by atoms with van der Waals surface area (Å²) in [4.78, 5) is 33.7. The molecule has 38 heavy (non-hydrogen) atoms. The highest BCUT2D eigenvalue weighted by Crippen LogP contribution is 2.33. The van der Waals surface area contributed by atoms with Crippen LogP contribution >= 0.6 is 11.6 Å². The molecule has 0 spiro atoms. The molecule has 0 atom stereocenters. The van der Waals surface area contributed by atoms with Gasteiger partial charge in [-0.15, -0.1) is 0 Å². The Hall–Kier alpha value is -4.63. The van der Waals surface area contributed by atoms with E-state index in [0.29, 0.717) is 34.3 Å². The summed E-state index contributed by atoms with van der Waals surface area (Å²) >= 11 is 6.22. The Morgan fingerprint density at radius 1 is 1.00 bits per heavy atom. The van der Waals surface area contributed by atoms with Crippen LogP contribution in [0.1, 0.15) is 20.3 Å². The number of aromatic nitrogens is 7. The number of carbonyl (C=O) groups is 1. The summed E-state index contributed by atoms with van der Waals surface area (Å²) in [5.41, 5.74) is 6.92. The van der Waals surface area contributed by atoms with E-state index >= 15 is 0 Å². The molecular formula is C28H23ClN8O. The molecule has 9 nitrogen and oxygen atoms in total. The van der Waals surface area contributed by atoms with Crippen LogP contribution in [0.25, 0.3) is 55.8 Å². The number of nitrogens with one attached hydrogen (secondary N) is 3. The summed E-state index contributed by atoms with van der Waals surface area (Å²) in [6, 6.07) is 11.5. The molecule has 5 heterocycles. The number of pyridine rings is 3. The highest BCUT2D eigenvalue weighted by Gasteiger charge is 2.17. The van der Waals surface area contributed by atoms with Gasteiger partial charge in [0.1, 0.15) is 5.69 Å². The Morgan fingerprint density at radius 2 is 1.84 bits per heavy atom. The van der Waals surface area contributed by atoms with Gasteiger partial charge in [0, 0.05) is 46.7 Å². The number of anilines is 1. The van der Waals surface area contributed by atoms with Gasteiger partial charge in [0.05, 0.1) is 34.5 Å². The van der Waals surface area contributed by atoms with Crippen LogP contribution in [-0.2, 0) is 4.79 Å². The molecule has 10 heteroatoms. The lowest BCUT2D eigenvalue weighted by Crippen LogP contribution is -2.13. The Kier molecular flexibility index (Phi) is 6.05. The molecule has 0 radical (unpaired) electrons. The molecule has 0 bridgehead atoms. The van der Waals surface area contributed by atoms with Crippen molar-refractivity contribution in [1.29, 1.82) is 0 Å². The highest BCUT2D eigenvalue weighted by atomic mass is 35.5. The van der Waals surface area contributed by atoms with Crippen molar-refractivity contribution in [2.75, 3.05) is 5.32 Å². The number of rotatable bonds is 6. The van der Waals surface area contributed by atoms with Crippen LogP contribution in [0.4, 0.5) is 5.69 Å². The molecule has 188 valence electrons. The molecular weight excluding hydrogens is 500 g/mol. The van der Waals surface area contributed by atoms with Crippen molar-refractivity contribution in [1.82, 2.24) is 35.1 Å². The van der Waals surface area contributed by atoms with Crippen molar-refractivity contribution in [3.05, 3.63) is 72.4 Å². The maximum absolute atomic E-state index is 12.2. The van der Waals surface area contributed by atoms with Crippen molar-refractivity contribution in [2.24, 2.45) is 5.92 Å². The number of benzene rings is 1. The summed E-state index contributed by atoms with van der Waals surface area (Å²) < 4.78 is 0. The second-order valence-corrected chi connectivity index (χ2v) is 9.92. The smallest absolute Gasteiger partial charge is 0.224 e. The molecule has 1 aromatic carbocycles. The first-order chi connectivity index (χ1) is 18.4. The predicted octanol–water partition coefficient (Wildman–Crippen LogP) is 6.26. The van der Waals surface area contributed by atoms with Crippen LogP contribution in [0.15, 0.2) is 67.4 Å². The molecule has 0 saturated carbocycles. The molecule has 0 saturated heterocycles. The molecule has 0 aliphatic heterocycles. The van der Waals surface area contributed by atoms with E-state index in [1.54, 1.807) is 31.0 Å². The summed E-state index contributed by atoms with van der Waals surface area (Å²) in [6.07, 6.45) is 9.09. The summed E-state index contributed by atoms with van der Waals surface area (Å²) in [7, 11) is 0. The first-order valence-corrected chi connectivity index (χ1v) is 12.5. The van der Waals surface area contributed by atoms with Crippen molar-refractivity contribution in [2.45, 2.75) is 20.3 Å². The third kappa shape index (κ3) is 4.59. The topological polar surface area (TPSA) is 125 Å². The largest absolute Gasteiger partial charge is 0.335 e. The third-order valence-electron chi connectivity index (χ3n) is 6.12. The van der Waals surface area contributed by atoms with Crippen LogP contribution in [0.3, 0.4) is 0 Å². The van der Waals surface area contributed by atoms with Crippen molar-refractivity contribution in [3.63, 3.8) is 0 Å². The first kappa shape index (κ1) is 23.7. The summed E-state index contributed by atoms with van der Waals surface area (Å²) in [6.45, 7) is 4.02. The van der Waals surface area contributed by atoms with E-state index in [1.165, 1.54) is 0 Å². The Morgan fingerprint density at radius 3 is 2.68 bits per heavy atom. The average molecular weight is 523 g/mol. The van der Waals surface area contributed by atoms with Gasteiger partial charge in [-0.25, -0.2) is 9.97 Å². The zero-order chi connectivity index (χ0) is 26.2. The standard InChI is InChI=1S/C28H23ClN8O/c1-15(2)6-24(38)33-20-8-17(10-30-12-20)18-9-21-26(36-37-27(21)32-11-18)28-34-23-14-31-13-22(25(23)35-28)16-4-3-5-19(29)7-16/h3-5,7-15H,6H2,1-2H3,(H,33,38)(H,34,35)(H,32,36,37). The van der Waals surface area contributed by atoms with Gasteiger partial charge < -0.3 is 10.3 Å². The van der Waals surface area contributed by atoms with Gasteiger partial charge >= 0.3 is 0 Å². The van der Waals surface area contributed by atoms with Crippen LogP contribution in [-0.4, -0.2) is 41.0 Å². The fraction of sp³-hybridized carbons (Fsp3) is 0.143. The minimum absolute atomic E-state index is 0.0406. The highest BCUT2D eigenvalue weighted by molar-refractivity contribution is 6.30. The molecule has 5 aromatic heterocycles. The van der Waals surface area contributed by atoms with E-state index < -0.39 is 0 Å². The van der Waals surface area contributed by atoms with Crippen LogP contribution < -0.4 is 5.32 Å². The quantitative estimate of drug-likeness (QED) is 0.237. The van der Waals surface area contributed by atoms with Crippen LogP contribution in [0, 0.1) is 5.92 Å². The van der Waals surface area contributed by atoms with Gasteiger partial charge in [0.25, 0.3) is 0 Å². The SMILES string of the molecule is CC(C)CC(=O)Nc1cncc(-c2cnc3[nH]nc(-c4nc5c(-c6cccc(Cl)c6)cncc5[nH]4)c3c2)c1. The van der Waals surface area contributed by atoms with E-state index in [2.05, 4.69) is 35.5 Å². The monoisotopic (exact) mass is 522 g/mol. The number of fused-ring (bicyclic) bond motifs is 2. The Balaban J connectivity index is 1.38. The molecule has 0 aliphatic carbocycles. The van der Waals surface area contributed by atoms with Gasteiger partial charge in [0.2, 0.25) is 5.91 Å². The predicted molar refractivity (Wildman–Crippen MR) is 149 cm³/mol. The molecule has 6 rings (SSSR count). The Labute approximate surface area is 222 Å². The number of imidazole rings is 1. The zero-order valence-electron chi connectivity index (χ0n) is 20.7. The first-order valence-electron chi connectivity index (χ1n) is 12.1. The second-order valence-electron chi connectivity index (χ2n) is 9.48. The number of nitrogens with zero attached hydrogens (tertiary/aromatic N) is 5. The fourth-order valence-corrected chi connectivity index (χ4v) is 4.59. The number of hydrogen-bond donors (Lipinski definition) is 3. The minimum atomic E-state index is -0.0406. The van der Waals surface area contributed by atoms with E-state index in [9.17, 15) is 4.79 Å². The van der Waals surface area contributed by atoms with Gasteiger partial charge in [-0.2, -0.15) is 5.10 Å². The van der Waals surface area contributed by atoms with E-state index in [4.69, 9.17) is 16.6 Å². The lowest BCUT2D eigenvalue weighted by Gasteiger charge is -2.08. The van der Waals surface area contributed by atoms with Gasteiger partial charge in [-0.1, -0.05) is 37.6 Å². The lowest BCUT2D eigenvalue weighted by atomic mass is 10.1. The van der Waals surface area contributed by atoms with Gasteiger partial charge in [0.15, 0.2) is 11.5 Å². The van der Waals surface area contributed by atoms with Gasteiger partial charge in [-0.3, -0.25) is 19.9 Å². The van der Waals surface area contributed by atoms with E-state index in [-0.39, 0.29) is 11.8 Å². The minimum Gasteiger partial charge on any atom is -0.335 e. The van der Waals surface area contributed by atoms with E-state index in [1.807, 2.05) is 50.2 Å². The molecule has 3 N–H and O–H groups in total. The molecule has 6 aromatic rings. The van der Waals surface area contributed by atoms with Gasteiger partial charge in [-0.05, 0) is 35.7 Å². The maximum atomic E-state index is 12.2. The number of halogens is 1. The molecule has 0 fully saturated rings. The molecule has 0 unspecified atom stereocenters. The fourth-order valence-electron chi connectivity index (χ4n) is 4.40. The number of aromatic amines is 2. The third-order valence-corrected chi connectivity index (χ3v) is 6.35. The molecule has 0 aliphatic rings. The molecule has 1 amide bonds. The Bertz CT molecular complexity index is 1810. The van der Waals surface area contributed by atoms with Crippen molar-refractivity contribution in [3.8, 4) is 33.8 Å². The average Bonchev–Trinajstić information content (AvgIpc) is 3.52. The van der Waals surface area contributed by atoms with Crippen LogP contribution in [0.2, 0.25) is 5.02 Å².